The molecule has 1 aromatic rings. The molecular weight excluding hydrogens is 266 g/mol. The van der Waals surface area contributed by atoms with Crippen molar-refractivity contribution in [2.45, 2.75) is 18.4 Å². The van der Waals surface area contributed by atoms with Gasteiger partial charge in [0.25, 0.3) is 0 Å². The second kappa shape index (κ2) is 6.95. The zero-order chi connectivity index (χ0) is 15.1. The van der Waals surface area contributed by atoms with E-state index in [0.29, 0.717) is 0 Å². The zero-order valence-electron chi connectivity index (χ0n) is 11.9. The van der Waals surface area contributed by atoms with Crippen molar-refractivity contribution in [1.82, 2.24) is 5.32 Å². The van der Waals surface area contributed by atoms with Gasteiger partial charge in [-0.25, -0.2) is 4.79 Å². The van der Waals surface area contributed by atoms with Gasteiger partial charge in [0.1, 0.15) is 5.60 Å². The van der Waals surface area contributed by atoms with Crippen molar-refractivity contribution in [1.29, 1.82) is 0 Å². The molecule has 0 aromatic heterocycles. The molecule has 1 aromatic carbocycles. The first kappa shape index (κ1) is 15.1. The highest BCUT2D eigenvalue weighted by molar-refractivity contribution is 5.83. The van der Waals surface area contributed by atoms with Gasteiger partial charge in [0, 0.05) is 24.6 Å². The monoisotopic (exact) mass is 287 g/mol. The quantitative estimate of drug-likeness (QED) is 0.438. The largest absolute Gasteiger partial charge is 0.451 e. The SMILES string of the molecule is N/C=C/C(N)=C/C(=O)OC1(c2ccccc2)CCNCC1. The molecule has 5 heteroatoms. The lowest BCUT2D eigenvalue weighted by Gasteiger charge is -2.37. The van der Waals surface area contributed by atoms with Gasteiger partial charge >= 0.3 is 5.97 Å². The van der Waals surface area contributed by atoms with E-state index in [2.05, 4.69) is 5.32 Å². The molecule has 0 aliphatic carbocycles. The Labute approximate surface area is 124 Å². The fourth-order valence-corrected chi connectivity index (χ4v) is 2.54. The molecule has 2 rings (SSSR count). The van der Waals surface area contributed by atoms with Crippen LogP contribution >= 0.6 is 0 Å². The third-order valence-corrected chi connectivity index (χ3v) is 3.58. The summed E-state index contributed by atoms with van der Waals surface area (Å²) in [5, 5.41) is 3.28. The summed E-state index contributed by atoms with van der Waals surface area (Å²) in [5.74, 6) is -0.448. The highest BCUT2D eigenvalue weighted by Gasteiger charge is 2.37. The van der Waals surface area contributed by atoms with E-state index in [9.17, 15) is 4.79 Å². The van der Waals surface area contributed by atoms with Gasteiger partial charge in [-0.05, 0) is 30.9 Å². The van der Waals surface area contributed by atoms with Crippen LogP contribution in [-0.2, 0) is 15.1 Å². The summed E-state index contributed by atoms with van der Waals surface area (Å²) in [6, 6.07) is 9.84. The molecule has 0 bridgehead atoms. The molecule has 5 nitrogen and oxygen atoms in total. The Hall–Kier alpha value is -2.27. The fourth-order valence-electron chi connectivity index (χ4n) is 2.54. The van der Waals surface area contributed by atoms with E-state index >= 15 is 0 Å². The van der Waals surface area contributed by atoms with Crippen molar-refractivity contribution >= 4 is 5.97 Å². The molecule has 5 N–H and O–H groups in total. The van der Waals surface area contributed by atoms with E-state index in [0.717, 1.165) is 31.5 Å². The topological polar surface area (TPSA) is 90.4 Å². The lowest BCUT2D eigenvalue weighted by molar-refractivity contribution is -0.158. The molecule has 1 aliphatic rings. The molecule has 0 unspecified atom stereocenters. The summed E-state index contributed by atoms with van der Waals surface area (Å²) in [6.45, 7) is 1.62. The van der Waals surface area contributed by atoms with Crippen LogP contribution < -0.4 is 16.8 Å². The van der Waals surface area contributed by atoms with Gasteiger partial charge in [0.05, 0.1) is 0 Å². The summed E-state index contributed by atoms with van der Waals surface area (Å²) in [4.78, 5) is 12.1. The smallest absolute Gasteiger partial charge is 0.333 e. The summed E-state index contributed by atoms with van der Waals surface area (Å²) in [7, 11) is 0. The normalized spacial score (nSPS) is 18.6. The Bertz CT molecular complexity index is 532. The van der Waals surface area contributed by atoms with Crippen LogP contribution in [0.4, 0.5) is 0 Å². The standard InChI is InChI=1S/C16H21N3O2/c17-9-6-14(18)12-15(20)21-16(7-10-19-11-8-16)13-4-2-1-3-5-13/h1-6,9,12,19H,7-8,10-11,17-18H2/b9-6+,14-12-. The molecule has 1 heterocycles. The van der Waals surface area contributed by atoms with Crippen LogP contribution in [-0.4, -0.2) is 19.1 Å². The predicted octanol–water partition coefficient (Wildman–Crippen LogP) is 1.12. The van der Waals surface area contributed by atoms with E-state index in [1.165, 1.54) is 18.4 Å². The maximum Gasteiger partial charge on any atom is 0.333 e. The van der Waals surface area contributed by atoms with Gasteiger partial charge in [-0.3, -0.25) is 0 Å². The number of hydrogen-bond donors (Lipinski definition) is 3. The minimum Gasteiger partial charge on any atom is -0.451 e. The number of allylic oxidation sites excluding steroid dienone is 1. The number of nitrogens with two attached hydrogens (primary N) is 2. The second-order valence-corrected chi connectivity index (χ2v) is 5.03. The number of ether oxygens (including phenoxy) is 1. The molecule has 1 aliphatic heterocycles. The molecule has 0 radical (unpaired) electrons. The number of nitrogens with one attached hydrogen (secondary N) is 1. The lowest BCUT2D eigenvalue weighted by atomic mass is 9.85. The van der Waals surface area contributed by atoms with Gasteiger partial charge in [0.15, 0.2) is 0 Å². The van der Waals surface area contributed by atoms with Crippen LogP contribution in [0.3, 0.4) is 0 Å². The number of carbonyl (C=O) groups is 1. The Morgan fingerprint density at radius 2 is 1.90 bits per heavy atom. The van der Waals surface area contributed by atoms with Crippen LogP contribution in [0, 0.1) is 0 Å². The minimum atomic E-state index is -0.590. The van der Waals surface area contributed by atoms with Crippen LogP contribution in [0.15, 0.2) is 54.4 Å². The number of piperidine rings is 1. The van der Waals surface area contributed by atoms with Gasteiger partial charge in [-0.1, -0.05) is 30.3 Å². The number of esters is 1. The van der Waals surface area contributed by atoms with Crippen LogP contribution in [0.5, 0.6) is 0 Å². The maximum absolute atomic E-state index is 12.1. The summed E-state index contributed by atoms with van der Waals surface area (Å²) >= 11 is 0. The van der Waals surface area contributed by atoms with Gasteiger partial charge in [-0.15, -0.1) is 0 Å². The van der Waals surface area contributed by atoms with Crippen LogP contribution in [0.1, 0.15) is 18.4 Å². The average Bonchev–Trinajstić information content (AvgIpc) is 2.49. The Kier molecular flexibility index (Phi) is 5.00. The van der Waals surface area contributed by atoms with Crippen LogP contribution in [0.2, 0.25) is 0 Å². The number of carbonyl (C=O) groups excluding carboxylic acids is 1. The van der Waals surface area contributed by atoms with E-state index in [1.54, 1.807) is 0 Å². The molecule has 1 fully saturated rings. The first-order valence-electron chi connectivity index (χ1n) is 7.01. The molecule has 0 atom stereocenters. The molecular formula is C16H21N3O2. The predicted molar refractivity (Wildman–Crippen MR) is 81.9 cm³/mol. The molecule has 0 spiro atoms. The highest BCUT2D eigenvalue weighted by Crippen LogP contribution is 2.35. The van der Waals surface area contributed by atoms with E-state index in [1.807, 2.05) is 30.3 Å². The fraction of sp³-hybridized carbons (Fsp3) is 0.312. The lowest BCUT2D eigenvalue weighted by Crippen LogP contribution is -2.43. The third kappa shape index (κ3) is 3.86. The van der Waals surface area contributed by atoms with Gasteiger partial charge in [-0.2, -0.15) is 0 Å². The Morgan fingerprint density at radius 3 is 2.52 bits per heavy atom. The second-order valence-electron chi connectivity index (χ2n) is 5.03. The van der Waals surface area contributed by atoms with Crippen molar-refractivity contribution in [3.63, 3.8) is 0 Å². The maximum atomic E-state index is 12.1. The van der Waals surface area contributed by atoms with Crippen molar-refractivity contribution in [3.8, 4) is 0 Å². The minimum absolute atomic E-state index is 0.277. The molecule has 112 valence electrons. The molecule has 0 amide bonds. The number of rotatable bonds is 4. The third-order valence-electron chi connectivity index (χ3n) is 3.58. The van der Waals surface area contributed by atoms with Crippen molar-refractivity contribution < 1.29 is 9.53 Å². The number of hydrogen-bond acceptors (Lipinski definition) is 5. The number of benzene rings is 1. The van der Waals surface area contributed by atoms with E-state index in [-0.39, 0.29) is 5.70 Å². The first-order valence-corrected chi connectivity index (χ1v) is 7.01. The van der Waals surface area contributed by atoms with Crippen molar-refractivity contribution in [3.05, 3.63) is 59.9 Å². The average molecular weight is 287 g/mol. The Morgan fingerprint density at radius 1 is 1.24 bits per heavy atom. The summed E-state index contributed by atoms with van der Waals surface area (Å²) in [6.07, 6.45) is 5.48. The molecule has 1 saturated heterocycles. The summed E-state index contributed by atoms with van der Waals surface area (Å²) in [5.41, 5.74) is 11.6. The first-order chi connectivity index (χ1) is 10.2. The highest BCUT2D eigenvalue weighted by atomic mass is 16.6. The van der Waals surface area contributed by atoms with Gasteiger partial charge < -0.3 is 21.5 Å². The molecule has 0 saturated carbocycles. The Balaban J connectivity index is 2.22. The van der Waals surface area contributed by atoms with Crippen molar-refractivity contribution in [2.24, 2.45) is 11.5 Å². The zero-order valence-corrected chi connectivity index (χ0v) is 11.9. The van der Waals surface area contributed by atoms with Crippen molar-refractivity contribution in [2.75, 3.05) is 13.1 Å². The molecule has 21 heavy (non-hydrogen) atoms. The van der Waals surface area contributed by atoms with E-state index < -0.39 is 11.6 Å². The van der Waals surface area contributed by atoms with E-state index in [4.69, 9.17) is 16.2 Å². The summed E-state index contributed by atoms with van der Waals surface area (Å²) < 4.78 is 5.77. The van der Waals surface area contributed by atoms with Crippen LogP contribution in [0.25, 0.3) is 0 Å². The van der Waals surface area contributed by atoms with Gasteiger partial charge in [0.2, 0.25) is 0 Å².